The number of pyridine rings is 1. The number of hydrogen-bond donors (Lipinski definition) is 2. The van der Waals surface area contributed by atoms with Crippen LogP contribution in [0.15, 0.2) is 85.1 Å². The molecule has 0 saturated carbocycles. The Morgan fingerprint density at radius 2 is 1.73 bits per heavy atom. The number of amides is 1. The molecular formula is C30H31N5OS. The zero-order valence-corrected chi connectivity index (χ0v) is 22.1. The first-order valence-corrected chi connectivity index (χ1v) is 12.9. The molecule has 1 fully saturated rings. The van der Waals surface area contributed by atoms with Gasteiger partial charge in [-0.3, -0.25) is 9.78 Å². The van der Waals surface area contributed by atoms with Gasteiger partial charge in [0, 0.05) is 41.9 Å². The molecule has 1 aliphatic heterocycles. The van der Waals surface area contributed by atoms with Crippen molar-refractivity contribution in [1.29, 1.82) is 0 Å². The number of hydrogen-bond acceptors (Lipinski definition) is 3. The van der Waals surface area contributed by atoms with Gasteiger partial charge >= 0.3 is 0 Å². The summed E-state index contributed by atoms with van der Waals surface area (Å²) in [5.41, 5.74) is 7.38. The lowest BCUT2D eigenvalue weighted by Gasteiger charge is -2.28. The molecule has 188 valence electrons. The van der Waals surface area contributed by atoms with E-state index in [9.17, 15) is 4.79 Å². The first-order valence-electron chi connectivity index (χ1n) is 12.5. The molecule has 0 spiro atoms. The molecule has 6 nitrogen and oxygen atoms in total. The van der Waals surface area contributed by atoms with E-state index >= 15 is 0 Å². The number of thiocarbonyl (C=S) groups is 1. The number of carbonyl (C=O) groups is 1. The standard InChI is InChI=1S/C30H31N5OS/c1-20-11-7-8-14-25(20)32-27(36)16-18-34-29(28(33-30(34)37)26-15-9-10-17-31-26)24-19-21(2)35(22(24)3)23-12-5-4-6-13-23/h4-15,17,19,28-29H,16,18H2,1-3H3,(H,32,36)(H,33,37)/t28-,29-/m0/s1. The molecule has 2 N–H and O–H groups in total. The van der Waals surface area contributed by atoms with Gasteiger partial charge < -0.3 is 20.1 Å². The molecule has 1 aliphatic rings. The van der Waals surface area contributed by atoms with Crippen LogP contribution in [-0.4, -0.2) is 32.0 Å². The van der Waals surface area contributed by atoms with Crippen molar-refractivity contribution in [2.75, 3.05) is 11.9 Å². The highest BCUT2D eigenvalue weighted by Crippen LogP contribution is 2.41. The van der Waals surface area contributed by atoms with E-state index in [1.54, 1.807) is 0 Å². The number of para-hydroxylation sites is 2. The third kappa shape index (κ3) is 5.00. The Labute approximate surface area is 223 Å². The summed E-state index contributed by atoms with van der Waals surface area (Å²) >= 11 is 5.82. The molecule has 7 heteroatoms. The molecule has 2 aromatic heterocycles. The predicted octanol–water partition coefficient (Wildman–Crippen LogP) is 5.80. The largest absolute Gasteiger partial charge is 0.352 e. The Morgan fingerprint density at radius 3 is 2.46 bits per heavy atom. The number of aromatic nitrogens is 2. The predicted molar refractivity (Wildman–Crippen MR) is 152 cm³/mol. The first-order chi connectivity index (χ1) is 17.9. The van der Waals surface area contributed by atoms with Crippen molar-refractivity contribution in [2.45, 2.75) is 39.3 Å². The van der Waals surface area contributed by atoms with Crippen molar-refractivity contribution in [1.82, 2.24) is 19.8 Å². The van der Waals surface area contributed by atoms with Crippen LogP contribution in [0.2, 0.25) is 0 Å². The Hall–Kier alpha value is -3.97. The Morgan fingerprint density at radius 1 is 1.00 bits per heavy atom. The monoisotopic (exact) mass is 509 g/mol. The van der Waals surface area contributed by atoms with E-state index in [2.05, 4.69) is 69.3 Å². The van der Waals surface area contributed by atoms with Gasteiger partial charge in [-0.1, -0.05) is 42.5 Å². The quantitative estimate of drug-likeness (QED) is 0.309. The summed E-state index contributed by atoms with van der Waals surface area (Å²) < 4.78 is 2.27. The molecule has 2 aromatic carbocycles. The third-order valence-electron chi connectivity index (χ3n) is 7.00. The normalized spacial score (nSPS) is 17.1. The van der Waals surface area contributed by atoms with Crippen LogP contribution in [0, 0.1) is 20.8 Å². The van der Waals surface area contributed by atoms with Crippen LogP contribution in [-0.2, 0) is 4.79 Å². The number of carbonyl (C=O) groups excluding carboxylic acids is 1. The van der Waals surface area contributed by atoms with Crippen LogP contribution in [0.1, 0.15) is 46.7 Å². The van der Waals surface area contributed by atoms with Gasteiger partial charge in [-0.05, 0) is 80.5 Å². The van der Waals surface area contributed by atoms with E-state index in [1.807, 2.05) is 61.7 Å². The zero-order chi connectivity index (χ0) is 25.9. The third-order valence-corrected chi connectivity index (χ3v) is 7.35. The lowest BCUT2D eigenvalue weighted by molar-refractivity contribution is -0.116. The highest BCUT2D eigenvalue weighted by Gasteiger charge is 2.41. The fourth-order valence-corrected chi connectivity index (χ4v) is 5.53. The molecule has 4 aromatic rings. The fraction of sp³-hybridized carbons (Fsp3) is 0.233. The first kappa shape index (κ1) is 24.7. The second-order valence-corrected chi connectivity index (χ2v) is 9.82. The average molecular weight is 510 g/mol. The number of nitrogens with one attached hydrogen (secondary N) is 2. The van der Waals surface area contributed by atoms with Crippen molar-refractivity contribution in [3.63, 3.8) is 0 Å². The van der Waals surface area contributed by atoms with E-state index in [1.165, 1.54) is 5.56 Å². The summed E-state index contributed by atoms with van der Waals surface area (Å²) in [6.45, 7) is 6.76. The van der Waals surface area contributed by atoms with Crippen molar-refractivity contribution in [3.8, 4) is 5.69 Å². The maximum Gasteiger partial charge on any atom is 0.226 e. The van der Waals surface area contributed by atoms with E-state index in [0.717, 1.165) is 34.0 Å². The molecule has 5 rings (SSSR count). The number of aryl methyl sites for hydroxylation is 2. The second kappa shape index (κ2) is 10.6. The Bertz CT molecular complexity index is 1420. The van der Waals surface area contributed by atoms with Crippen molar-refractivity contribution >= 4 is 28.9 Å². The molecule has 3 heterocycles. The number of benzene rings is 2. The van der Waals surface area contributed by atoms with Gasteiger partial charge in [-0.2, -0.15) is 0 Å². The smallest absolute Gasteiger partial charge is 0.226 e. The number of nitrogens with zero attached hydrogens (tertiary/aromatic N) is 3. The summed E-state index contributed by atoms with van der Waals surface area (Å²) in [7, 11) is 0. The van der Waals surface area contributed by atoms with Gasteiger partial charge in [-0.25, -0.2) is 0 Å². The SMILES string of the molecule is Cc1ccccc1NC(=O)CCN1C(=S)N[C@@H](c2ccccn2)[C@@H]1c1cc(C)n(-c2ccccc2)c1C. The minimum Gasteiger partial charge on any atom is -0.352 e. The van der Waals surface area contributed by atoms with Gasteiger partial charge in [0.25, 0.3) is 0 Å². The van der Waals surface area contributed by atoms with Crippen LogP contribution in [0.25, 0.3) is 5.69 Å². The van der Waals surface area contributed by atoms with Crippen LogP contribution in [0.5, 0.6) is 0 Å². The second-order valence-electron chi connectivity index (χ2n) is 9.43. The topological polar surface area (TPSA) is 62.2 Å². The van der Waals surface area contributed by atoms with Gasteiger partial charge in [-0.15, -0.1) is 0 Å². The molecule has 0 radical (unpaired) electrons. The Balaban J connectivity index is 1.47. The molecular weight excluding hydrogens is 478 g/mol. The van der Waals surface area contributed by atoms with Crippen molar-refractivity contribution < 1.29 is 4.79 Å². The van der Waals surface area contributed by atoms with E-state index in [4.69, 9.17) is 12.2 Å². The van der Waals surface area contributed by atoms with Crippen LogP contribution in [0.3, 0.4) is 0 Å². The summed E-state index contributed by atoms with van der Waals surface area (Å²) in [5, 5.41) is 7.18. The molecule has 1 saturated heterocycles. The van der Waals surface area contributed by atoms with Crippen LogP contribution < -0.4 is 10.6 Å². The maximum absolute atomic E-state index is 12.9. The molecule has 0 unspecified atom stereocenters. The summed E-state index contributed by atoms with van der Waals surface area (Å²) in [6, 6.07) is 26.1. The van der Waals surface area contributed by atoms with Gasteiger partial charge in [0.1, 0.15) is 0 Å². The van der Waals surface area contributed by atoms with Crippen LogP contribution in [0.4, 0.5) is 5.69 Å². The Kier molecular flexibility index (Phi) is 7.06. The van der Waals surface area contributed by atoms with Crippen molar-refractivity contribution in [2.24, 2.45) is 0 Å². The highest BCUT2D eigenvalue weighted by atomic mass is 32.1. The highest BCUT2D eigenvalue weighted by molar-refractivity contribution is 7.80. The molecule has 2 atom stereocenters. The van der Waals surface area contributed by atoms with E-state index in [-0.39, 0.29) is 18.0 Å². The molecule has 1 amide bonds. The van der Waals surface area contributed by atoms with Gasteiger partial charge in [0.2, 0.25) is 5.91 Å². The average Bonchev–Trinajstić information content (AvgIpc) is 3.39. The maximum atomic E-state index is 12.9. The molecule has 0 bridgehead atoms. The van der Waals surface area contributed by atoms with Crippen LogP contribution >= 0.6 is 12.2 Å². The summed E-state index contributed by atoms with van der Waals surface area (Å²) in [5.74, 6) is -0.0353. The number of anilines is 1. The van der Waals surface area contributed by atoms with E-state index in [0.29, 0.717) is 18.1 Å². The number of rotatable bonds is 7. The van der Waals surface area contributed by atoms with E-state index < -0.39 is 0 Å². The fourth-order valence-electron chi connectivity index (χ4n) is 5.19. The summed E-state index contributed by atoms with van der Waals surface area (Å²) in [6.07, 6.45) is 2.13. The van der Waals surface area contributed by atoms with Gasteiger partial charge in [0.15, 0.2) is 5.11 Å². The lowest BCUT2D eigenvalue weighted by Crippen LogP contribution is -2.33. The minimum absolute atomic E-state index is 0.0353. The van der Waals surface area contributed by atoms with Gasteiger partial charge in [0.05, 0.1) is 17.8 Å². The lowest BCUT2D eigenvalue weighted by atomic mass is 9.96. The molecule has 37 heavy (non-hydrogen) atoms. The molecule has 0 aliphatic carbocycles. The van der Waals surface area contributed by atoms with Crippen molar-refractivity contribution in [3.05, 3.63) is 113 Å². The minimum atomic E-state index is -0.127. The zero-order valence-electron chi connectivity index (χ0n) is 21.3. The summed E-state index contributed by atoms with van der Waals surface area (Å²) in [4.78, 5) is 19.7.